The number of para-hydroxylation sites is 2. The van der Waals surface area contributed by atoms with Crippen LogP contribution in [0.2, 0.25) is 0 Å². The Morgan fingerprint density at radius 2 is 1.62 bits per heavy atom. The second-order valence-electron chi connectivity index (χ2n) is 5.86. The maximum absolute atomic E-state index is 14.0. The molecule has 2 aromatic rings. The lowest BCUT2D eigenvalue weighted by atomic mass is 10.1. The molecule has 0 aliphatic carbocycles. The molecule has 2 aromatic carbocycles. The fraction of sp³-hybridized carbons (Fsp3) is 0.294. The summed E-state index contributed by atoms with van der Waals surface area (Å²) in [4.78, 5) is 0. The van der Waals surface area contributed by atoms with Crippen molar-refractivity contribution < 1.29 is 13.5 Å². The Labute approximate surface area is 123 Å². The molecule has 4 heteroatoms. The van der Waals surface area contributed by atoms with Crippen LogP contribution in [0, 0.1) is 11.6 Å². The molecule has 0 amide bonds. The van der Waals surface area contributed by atoms with Crippen LogP contribution in [-0.4, -0.2) is 5.54 Å². The zero-order valence-electron chi connectivity index (χ0n) is 12.4. The quantitative estimate of drug-likeness (QED) is 0.885. The SMILES string of the molecule is CC(C)(C)NCc1cccc(F)c1Oc1ccccc1F. The van der Waals surface area contributed by atoms with Gasteiger partial charge < -0.3 is 10.1 Å². The van der Waals surface area contributed by atoms with Crippen molar-refractivity contribution >= 4 is 0 Å². The summed E-state index contributed by atoms with van der Waals surface area (Å²) in [6.45, 7) is 6.49. The molecular formula is C17H19F2NO. The normalized spacial score (nSPS) is 11.5. The Kier molecular flexibility index (Phi) is 4.58. The standard InChI is InChI=1S/C17H19F2NO/c1-17(2,3)20-11-12-7-6-9-14(19)16(12)21-15-10-5-4-8-13(15)18/h4-10,20H,11H2,1-3H3. The van der Waals surface area contributed by atoms with E-state index in [2.05, 4.69) is 5.32 Å². The molecule has 0 atom stereocenters. The third-order valence-corrected chi connectivity index (χ3v) is 2.91. The molecule has 0 fully saturated rings. The molecule has 0 aliphatic heterocycles. The summed E-state index contributed by atoms with van der Waals surface area (Å²) in [5.74, 6) is -0.957. The maximum Gasteiger partial charge on any atom is 0.167 e. The van der Waals surface area contributed by atoms with Crippen molar-refractivity contribution in [3.63, 3.8) is 0 Å². The lowest BCUT2D eigenvalue weighted by molar-refractivity contribution is 0.392. The summed E-state index contributed by atoms with van der Waals surface area (Å²) in [7, 11) is 0. The average Bonchev–Trinajstić information content (AvgIpc) is 2.41. The van der Waals surface area contributed by atoms with Gasteiger partial charge >= 0.3 is 0 Å². The molecule has 2 nitrogen and oxygen atoms in total. The van der Waals surface area contributed by atoms with Gasteiger partial charge in [0.2, 0.25) is 0 Å². The summed E-state index contributed by atoms with van der Waals surface area (Å²) in [5.41, 5.74) is 0.537. The third-order valence-electron chi connectivity index (χ3n) is 2.91. The highest BCUT2D eigenvalue weighted by Crippen LogP contribution is 2.30. The Morgan fingerprint density at radius 3 is 2.29 bits per heavy atom. The first kappa shape index (κ1) is 15.4. The highest BCUT2D eigenvalue weighted by Gasteiger charge is 2.15. The highest BCUT2D eigenvalue weighted by molar-refractivity contribution is 5.39. The van der Waals surface area contributed by atoms with E-state index >= 15 is 0 Å². The lowest BCUT2D eigenvalue weighted by Crippen LogP contribution is -2.35. The zero-order valence-corrected chi connectivity index (χ0v) is 12.4. The van der Waals surface area contributed by atoms with Gasteiger partial charge in [0.25, 0.3) is 0 Å². The molecule has 0 bridgehead atoms. The van der Waals surface area contributed by atoms with Crippen LogP contribution in [-0.2, 0) is 6.54 Å². The fourth-order valence-electron chi connectivity index (χ4n) is 1.80. The van der Waals surface area contributed by atoms with E-state index < -0.39 is 11.6 Å². The number of halogens is 2. The predicted molar refractivity (Wildman–Crippen MR) is 79.5 cm³/mol. The number of nitrogens with one attached hydrogen (secondary N) is 1. The summed E-state index contributed by atoms with van der Waals surface area (Å²) in [6.07, 6.45) is 0. The molecule has 0 spiro atoms. The van der Waals surface area contributed by atoms with Crippen LogP contribution in [0.4, 0.5) is 8.78 Å². The van der Waals surface area contributed by atoms with E-state index in [0.717, 1.165) is 0 Å². The predicted octanol–water partition coefficient (Wildman–Crippen LogP) is 4.65. The van der Waals surface area contributed by atoms with Gasteiger partial charge in [-0.1, -0.05) is 24.3 Å². The van der Waals surface area contributed by atoms with Crippen LogP contribution in [0.25, 0.3) is 0 Å². The smallest absolute Gasteiger partial charge is 0.167 e. The van der Waals surface area contributed by atoms with Gasteiger partial charge in [-0.25, -0.2) is 8.78 Å². The largest absolute Gasteiger partial charge is 0.451 e. The number of hydrogen-bond acceptors (Lipinski definition) is 2. The molecular weight excluding hydrogens is 272 g/mol. The van der Waals surface area contributed by atoms with Gasteiger partial charge in [0, 0.05) is 17.6 Å². The van der Waals surface area contributed by atoms with Gasteiger partial charge in [-0.15, -0.1) is 0 Å². The van der Waals surface area contributed by atoms with Crippen molar-refractivity contribution in [2.24, 2.45) is 0 Å². The first-order valence-electron chi connectivity index (χ1n) is 6.81. The Bertz CT molecular complexity index is 620. The summed E-state index contributed by atoms with van der Waals surface area (Å²) in [6, 6.07) is 10.6. The molecule has 112 valence electrons. The molecule has 0 saturated carbocycles. The van der Waals surface area contributed by atoms with Crippen LogP contribution in [0.5, 0.6) is 11.5 Å². The molecule has 0 radical (unpaired) electrons. The molecule has 21 heavy (non-hydrogen) atoms. The Morgan fingerprint density at radius 1 is 0.952 bits per heavy atom. The topological polar surface area (TPSA) is 21.3 Å². The monoisotopic (exact) mass is 291 g/mol. The summed E-state index contributed by atoms with van der Waals surface area (Å²) < 4.78 is 33.1. The van der Waals surface area contributed by atoms with E-state index in [1.54, 1.807) is 24.3 Å². The second-order valence-corrected chi connectivity index (χ2v) is 5.86. The third kappa shape index (κ3) is 4.26. The van der Waals surface area contributed by atoms with Gasteiger partial charge in [-0.3, -0.25) is 0 Å². The van der Waals surface area contributed by atoms with E-state index in [9.17, 15) is 8.78 Å². The second kappa shape index (κ2) is 6.22. The molecule has 2 rings (SSSR count). The molecule has 1 N–H and O–H groups in total. The average molecular weight is 291 g/mol. The zero-order chi connectivity index (χ0) is 15.5. The maximum atomic E-state index is 14.0. The Hall–Kier alpha value is -1.94. The first-order valence-corrected chi connectivity index (χ1v) is 6.81. The van der Waals surface area contributed by atoms with Crippen molar-refractivity contribution in [2.45, 2.75) is 32.9 Å². The number of hydrogen-bond donors (Lipinski definition) is 1. The Balaban J connectivity index is 2.28. The van der Waals surface area contributed by atoms with Crippen molar-refractivity contribution in [2.75, 3.05) is 0 Å². The molecule has 0 saturated heterocycles. The van der Waals surface area contributed by atoms with Gasteiger partial charge in [0.1, 0.15) is 0 Å². The lowest BCUT2D eigenvalue weighted by Gasteiger charge is -2.21. The number of benzene rings is 2. The molecule has 0 aliphatic rings. The first-order chi connectivity index (χ1) is 9.87. The van der Waals surface area contributed by atoms with Gasteiger partial charge in [0.15, 0.2) is 23.1 Å². The van der Waals surface area contributed by atoms with E-state index in [4.69, 9.17) is 4.74 Å². The van der Waals surface area contributed by atoms with Crippen molar-refractivity contribution in [3.05, 3.63) is 59.7 Å². The van der Waals surface area contributed by atoms with Crippen molar-refractivity contribution in [3.8, 4) is 11.5 Å². The van der Waals surface area contributed by atoms with Crippen molar-refractivity contribution in [1.29, 1.82) is 0 Å². The minimum atomic E-state index is -0.518. The number of ether oxygens (including phenoxy) is 1. The highest BCUT2D eigenvalue weighted by atomic mass is 19.1. The minimum Gasteiger partial charge on any atom is -0.451 e. The van der Waals surface area contributed by atoms with Crippen LogP contribution in [0.15, 0.2) is 42.5 Å². The van der Waals surface area contributed by atoms with E-state index in [-0.39, 0.29) is 17.0 Å². The summed E-state index contributed by atoms with van der Waals surface area (Å²) in [5, 5.41) is 3.27. The molecule has 0 unspecified atom stereocenters. The van der Waals surface area contributed by atoms with Crippen LogP contribution >= 0.6 is 0 Å². The fourth-order valence-corrected chi connectivity index (χ4v) is 1.80. The van der Waals surface area contributed by atoms with E-state index in [1.165, 1.54) is 18.2 Å². The number of rotatable bonds is 4. The van der Waals surface area contributed by atoms with Gasteiger partial charge in [-0.2, -0.15) is 0 Å². The van der Waals surface area contributed by atoms with Crippen LogP contribution < -0.4 is 10.1 Å². The molecule has 0 heterocycles. The van der Waals surface area contributed by atoms with E-state index in [1.807, 2.05) is 20.8 Å². The van der Waals surface area contributed by atoms with Crippen molar-refractivity contribution in [1.82, 2.24) is 5.32 Å². The van der Waals surface area contributed by atoms with Gasteiger partial charge in [0.05, 0.1) is 0 Å². The van der Waals surface area contributed by atoms with Gasteiger partial charge in [-0.05, 0) is 39.0 Å². The van der Waals surface area contributed by atoms with Crippen LogP contribution in [0.3, 0.4) is 0 Å². The van der Waals surface area contributed by atoms with Crippen LogP contribution in [0.1, 0.15) is 26.3 Å². The molecule has 0 aromatic heterocycles. The summed E-state index contributed by atoms with van der Waals surface area (Å²) >= 11 is 0. The van der Waals surface area contributed by atoms with E-state index in [0.29, 0.717) is 12.1 Å². The minimum absolute atomic E-state index is 0.0135.